The number of hydrogen-bond donors (Lipinski definition) is 1. The third kappa shape index (κ3) is 5.55. The minimum atomic E-state index is 0.730. The van der Waals surface area contributed by atoms with Crippen molar-refractivity contribution < 1.29 is 0 Å². The van der Waals surface area contributed by atoms with E-state index >= 15 is 0 Å². The van der Waals surface area contributed by atoms with Crippen LogP contribution in [0.25, 0.3) is 0 Å². The van der Waals surface area contributed by atoms with Crippen molar-refractivity contribution in [2.75, 3.05) is 29.9 Å². The number of nitrogens with zero attached hydrogens (tertiary/aromatic N) is 3. The van der Waals surface area contributed by atoms with Gasteiger partial charge < -0.3 is 10.2 Å². The van der Waals surface area contributed by atoms with Gasteiger partial charge in [-0.15, -0.1) is 0 Å². The van der Waals surface area contributed by atoms with Gasteiger partial charge in [-0.25, -0.2) is 4.98 Å². The summed E-state index contributed by atoms with van der Waals surface area (Å²) in [7, 11) is 0. The molecule has 124 valence electrons. The van der Waals surface area contributed by atoms with Gasteiger partial charge in [-0.3, -0.25) is 0 Å². The van der Waals surface area contributed by atoms with E-state index in [1.807, 2.05) is 13.0 Å². The van der Waals surface area contributed by atoms with Crippen molar-refractivity contribution in [1.29, 1.82) is 0 Å². The summed E-state index contributed by atoms with van der Waals surface area (Å²) in [6.07, 6.45) is 3.22. The zero-order valence-corrected chi connectivity index (χ0v) is 14.5. The smallest absolute Gasteiger partial charge is 0.224 e. The summed E-state index contributed by atoms with van der Waals surface area (Å²) in [6.45, 7) is 9.35. The predicted octanol–water partition coefficient (Wildman–Crippen LogP) is 4.07. The molecule has 0 radical (unpaired) electrons. The number of anilines is 2. The summed E-state index contributed by atoms with van der Waals surface area (Å²) in [6, 6.07) is 12.6. The summed E-state index contributed by atoms with van der Waals surface area (Å²) >= 11 is 0. The van der Waals surface area contributed by atoms with Crippen molar-refractivity contribution in [3.63, 3.8) is 0 Å². The van der Waals surface area contributed by atoms with Crippen LogP contribution in [0.3, 0.4) is 0 Å². The topological polar surface area (TPSA) is 41.1 Å². The first-order chi connectivity index (χ1) is 11.2. The summed E-state index contributed by atoms with van der Waals surface area (Å²) in [5.74, 6) is 1.76. The van der Waals surface area contributed by atoms with Gasteiger partial charge in [-0.2, -0.15) is 4.98 Å². The SMILES string of the molecule is CCCN(CCC)c1cc(C)nc(NCCc2ccccc2)n1. The van der Waals surface area contributed by atoms with Crippen molar-refractivity contribution in [1.82, 2.24) is 9.97 Å². The van der Waals surface area contributed by atoms with Crippen molar-refractivity contribution >= 4 is 11.8 Å². The van der Waals surface area contributed by atoms with Crippen LogP contribution in [0.4, 0.5) is 11.8 Å². The fourth-order valence-electron chi connectivity index (χ4n) is 2.64. The molecular weight excluding hydrogens is 284 g/mol. The molecule has 0 atom stereocenters. The van der Waals surface area contributed by atoms with Gasteiger partial charge >= 0.3 is 0 Å². The van der Waals surface area contributed by atoms with E-state index in [4.69, 9.17) is 4.98 Å². The lowest BCUT2D eigenvalue weighted by molar-refractivity contribution is 0.732. The maximum atomic E-state index is 4.71. The van der Waals surface area contributed by atoms with Gasteiger partial charge in [0.1, 0.15) is 5.82 Å². The van der Waals surface area contributed by atoms with E-state index in [9.17, 15) is 0 Å². The Labute approximate surface area is 140 Å². The lowest BCUT2D eigenvalue weighted by atomic mass is 10.1. The summed E-state index contributed by atoms with van der Waals surface area (Å²) in [5, 5.41) is 3.36. The predicted molar refractivity (Wildman–Crippen MR) is 98.2 cm³/mol. The quantitative estimate of drug-likeness (QED) is 0.758. The van der Waals surface area contributed by atoms with Gasteiger partial charge in [0.05, 0.1) is 0 Å². The second kappa shape index (κ2) is 9.13. The molecule has 0 spiro atoms. The Kier molecular flexibility index (Phi) is 6.85. The van der Waals surface area contributed by atoms with E-state index in [1.54, 1.807) is 0 Å². The molecule has 0 aliphatic carbocycles. The molecule has 0 aliphatic rings. The zero-order chi connectivity index (χ0) is 16.5. The molecule has 1 heterocycles. The molecule has 1 aromatic carbocycles. The molecular formula is C19H28N4. The van der Waals surface area contributed by atoms with Gasteiger partial charge in [0.2, 0.25) is 5.95 Å². The first-order valence-electron chi connectivity index (χ1n) is 8.61. The molecule has 0 saturated carbocycles. The number of nitrogens with one attached hydrogen (secondary N) is 1. The Bertz CT molecular complexity index is 577. The fourth-order valence-corrected chi connectivity index (χ4v) is 2.64. The van der Waals surface area contributed by atoms with E-state index in [1.165, 1.54) is 5.56 Å². The Balaban J connectivity index is 2.01. The van der Waals surface area contributed by atoms with Crippen molar-refractivity contribution in [3.8, 4) is 0 Å². The van der Waals surface area contributed by atoms with Crippen LogP contribution in [-0.2, 0) is 6.42 Å². The molecule has 2 aromatic rings. The zero-order valence-electron chi connectivity index (χ0n) is 14.5. The van der Waals surface area contributed by atoms with Crippen LogP contribution in [0.2, 0.25) is 0 Å². The van der Waals surface area contributed by atoms with Crippen LogP contribution < -0.4 is 10.2 Å². The van der Waals surface area contributed by atoms with Crippen molar-refractivity contribution in [2.45, 2.75) is 40.0 Å². The summed E-state index contributed by atoms with van der Waals surface area (Å²) in [4.78, 5) is 11.6. The van der Waals surface area contributed by atoms with E-state index in [0.717, 1.165) is 56.4 Å². The molecule has 4 nitrogen and oxygen atoms in total. The van der Waals surface area contributed by atoms with E-state index in [-0.39, 0.29) is 0 Å². The Hall–Kier alpha value is -2.10. The Morgan fingerprint density at radius 2 is 1.70 bits per heavy atom. The molecule has 0 unspecified atom stereocenters. The molecule has 0 fully saturated rings. The highest BCUT2D eigenvalue weighted by atomic mass is 15.2. The van der Waals surface area contributed by atoms with Gasteiger partial charge in [-0.1, -0.05) is 44.2 Å². The van der Waals surface area contributed by atoms with Gasteiger partial charge in [0.25, 0.3) is 0 Å². The highest BCUT2D eigenvalue weighted by molar-refractivity contribution is 5.44. The average molecular weight is 312 g/mol. The molecule has 0 bridgehead atoms. The maximum absolute atomic E-state index is 4.71. The summed E-state index contributed by atoms with van der Waals surface area (Å²) < 4.78 is 0. The van der Waals surface area contributed by atoms with Crippen LogP contribution in [0, 0.1) is 6.92 Å². The van der Waals surface area contributed by atoms with Gasteiger partial charge in [0, 0.05) is 31.4 Å². The molecule has 0 aliphatic heterocycles. The first-order valence-corrected chi connectivity index (χ1v) is 8.61. The minimum Gasteiger partial charge on any atom is -0.356 e. The largest absolute Gasteiger partial charge is 0.356 e. The first kappa shape index (κ1) is 17.3. The summed E-state index contributed by atoms with van der Waals surface area (Å²) in [5.41, 5.74) is 2.33. The lowest BCUT2D eigenvalue weighted by Gasteiger charge is -2.23. The van der Waals surface area contributed by atoms with Gasteiger partial charge in [0.15, 0.2) is 0 Å². The van der Waals surface area contributed by atoms with Crippen molar-refractivity contribution in [3.05, 3.63) is 47.7 Å². The average Bonchev–Trinajstić information content (AvgIpc) is 2.55. The number of benzene rings is 1. The Morgan fingerprint density at radius 1 is 1.00 bits per heavy atom. The molecule has 1 aromatic heterocycles. The third-order valence-corrected chi connectivity index (χ3v) is 3.69. The van der Waals surface area contributed by atoms with E-state index in [2.05, 4.69) is 59.4 Å². The van der Waals surface area contributed by atoms with Crippen molar-refractivity contribution in [2.24, 2.45) is 0 Å². The lowest BCUT2D eigenvalue weighted by Crippen LogP contribution is -2.26. The molecule has 0 saturated heterocycles. The molecule has 2 rings (SSSR count). The normalized spacial score (nSPS) is 10.6. The van der Waals surface area contributed by atoms with E-state index < -0.39 is 0 Å². The number of aromatic nitrogens is 2. The maximum Gasteiger partial charge on any atom is 0.224 e. The standard InChI is InChI=1S/C19H28N4/c1-4-13-23(14-5-2)18-15-16(3)21-19(22-18)20-12-11-17-9-7-6-8-10-17/h6-10,15H,4-5,11-14H2,1-3H3,(H,20,21,22). The number of hydrogen-bond acceptors (Lipinski definition) is 4. The molecule has 23 heavy (non-hydrogen) atoms. The van der Waals surface area contributed by atoms with Crippen LogP contribution in [-0.4, -0.2) is 29.6 Å². The number of rotatable bonds is 9. The second-order valence-corrected chi connectivity index (χ2v) is 5.84. The van der Waals surface area contributed by atoms with Crippen LogP contribution >= 0.6 is 0 Å². The Morgan fingerprint density at radius 3 is 2.35 bits per heavy atom. The monoisotopic (exact) mass is 312 g/mol. The molecule has 4 heteroatoms. The highest BCUT2D eigenvalue weighted by Gasteiger charge is 2.09. The molecule has 0 amide bonds. The second-order valence-electron chi connectivity index (χ2n) is 5.84. The van der Waals surface area contributed by atoms with Crippen LogP contribution in [0.5, 0.6) is 0 Å². The van der Waals surface area contributed by atoms with Crippen LogP contribution in [0.15, 0.2) is 36.4 Å². The fraction of sp³-hybridized carbons (Fsp3) is 0.474. The van der Waals surface area contributed by atoms with E-state index in [0.29, 0.717) is 0 Å². The molecule has 1 N–H and O–H groups in total. The highest BCUT2D eigenvalue weighted by Crippen LogP contribution is 2.16. The van der Waals surface area contributed by atoms with Gasteiger partial charge in [-0.05, 0) is 31.7 Å². The number of aryl methyl sites for hydroxylation is 1. The van der Waals surface area contributed by atoms with Crippen LogP contribution in [0.1, 0.15) is 37.9 Å². The minimum absolute atomic E-state index is 0.730. The third-order valence-electron chi connectivity index (χ3n) is 3.69.